The lowest BCUT2D eigenvalue weighted by Crippen LogP contribution is -2.16. The Hall–Kier alpha value is -2.65. The van der Waals surface area contributed by atoms with Crippen LogP contribution in [0.25, 0.3) is 5.69 Å². The first-order valence-corrected chi connectivity index (χ1v) is 8.58. The van der Waals surface area contributed by atoms with E-state index in [2.05, 4.69) is 25.8 Å². The van der Waals surface area contributed by atoms with Crippen molar-refractivity contribution in [3.05, 3.63) is 46.2 Å². The van der Waals surface area contributed by atoms with Crippen LogP contribution in [0.1, 0.15) is 33.7 Å². The molecule has 0 bridgehead atoms. The van der Waals surface area contributed by atoms with Gasteiger partial charge in [-0.25, -0.2) is 4.68 Å². The zero-order chi connectivity index (χ0) is 17.8. The van der Waals surface area contributed by atoms with Crippen molar-refractivity contribution in [1.82, 2.24) is 25.2 Å². The zero-order valence-electron chi connectivity index (χ0n) is 14.2. The van der Waals surface area contributed by atoms with Crippen molar-refractivity contribution in [2.45, 2.75) is 26.9 Å². The summed E-state index contributed by atoms with van der Waals surface area (Å²) in [6, 6.07) is 7.79. The van der Waals surface area contributed by atoms with Gasteiger partial charge in [0.1, 0.15) is 10.7 Å². The van der Waals surface area contributed by atoms with E-state index in [4.69, 9.17) is 4.74 Å². The maximum Gasteiger partial charge on any atom is 0.280 e. The molecule has 0 fully saturated rings. The van der Waals surface area contributed by atoms with Gasteiger partial charge in [-0.15, -0.1) is 15.3 Å². The van der Waals surface area contributed by atoms with Crippen LogP contribution >= 0.6 is 11.3 Å². The highest BCUT2D eigenvalue weighted by atomic mass is 32.1. The van der Waals surface area contributed by atoms with E-state index in [-0.39, 0.29) is 18.2 Å². The van der Waals surface area contributed by atoms with Gasteiger partial charge in [-0.1, -0.05) is 41.2 Å². The molecule has 0 aliphatic rings. The zero-order valence-corrected chi connectivity index (χ0v) is 15.0. The van der Waals surface area contributed by atoms with Gasteiger partial charge in [0.05, 0.1) is 12.3 Å². The Kier molecular flexibility index (Phi) is 5.15. The number of carbonyl (C=O) groups excluding carboxylic acids is 1. The average Bonchev–Trinajstić information content (AvgIpc) is 3.23. The van der Waals surface area contributed by atoms with E-state index in [0.29, 0.717) is 10.8 Å². The number of benzene rings is 1. The summed E-state index contributed by atoms with van der Waals surface area (Å²) in [5.74, 6) is -0.385. The van der Waals surface area contributed by atoms with Gasteiger partial charge in [0.25, 0.3) is 5.91 Å². The Morgan fingerprint density at radius 1 is 1.24 bits per heavy atom. The van der Waals surface area contributed by atoms with Crippen LogP contribution in [0, 0.1) is 6.92 Å². The standard InChI is InChI=1S/C16H18N6O2S/c1-4-13-18-20-16(25-13)17-15(23)14-12(9-24-3)22(21-19-14)11-7-5-10(2)6-8-11/h5-8H,4,9H2,1-3H3,(H,17,20,23). The van der Waals surface area contributed by atoms with Crippen molar-refractivity contribution >= 4 is 22.4 Å². The van der Waals surface area contributed by atoms with E-state index >= 15 is 0 Å². The van der Waals surface area contributed by atoms with Crippen molar-refractivity contribution in [2.24, 2.45) is 0 Å². The molecule has 0 saturated heterocycles. The lowest BCUT2D eigenvalue weighted by Gasteiger charge is -2.07. The average molecular weight is 358 g/mol. The number of anilines is 1. The van der Waals surface area contributed by atoms with Crippen LogP contribution in [0.5, 0.6) is 0 Å². The first-order chi connectivity index (χ1) is 12.1. The second kappa shape index (κ2) is 7.49. The highest BCUT2D eigenvalue weighted by molar-refractivity contribution is 7.15. The van der Waals surface area contributed by atoms with Crippen LogP contribution in [0.3, 0.4) is 0 Å². The molecule has 2 heterocycles. The largest absolute Gasteiger partial charge is 0.378 e. The normalized spacial score (nSPS) is 10.8. The number of aromatic nitrogens is 5. The minimum Gasteiger partial charge on any atom is -0.378 e. The van der Waals surface area contributed by atoms with Crippen molar-refractivity contribution in [2.75, 3.05) is 12.4 Å². The third-order valence-electron chi connectivity index (χ3n) is 3.53. The number of carbonyl (C=O) groups is 1. The number of ether oxygens (including phenoxy) is 1. The van der Waals surface area contributed by atoms with E-state index in [0.717, 1.165) is 22.7 Å². The lowest BCUT2D eigenvalue weighted by atomic mass is 10.2. The second-order valence-electron chi connectivity index (χ2n) is 5.37. The summed E-state index contributed by atoms with van der Waals surface area (Å²) in [6.07, 6.45) is 0.770. The Balaban J connectivity index is 1.90. The molecular weight excluding hydrogens is 340 g/mol. The van der Waals surface area contributed by atoms with E-state index in [1.165, 1.54) is 11.3 Å². The Bertz CT molecular complexity index is 871. The molecule has 0 unspecified atom stereocenters. The molecule has 1 N–H and O–H groups in total. The van der Waals surface area contributed by atoms with Gasteiger partial charge in [0.15, 0.2) is 5.69 Å². The number of aryl methyl sites for hydroxylation is 2. The first kappa shape index (κ1) is 17.2. The summed E-state index contributed by atoms with van der Waals surface area (Å²) in [5, 5.41) is 20.1. The van der Waals surface area contributed by atoms with E-state index in [1.807, 2.05) is 38.1 Å². The number of rotatable bonds is 6. The quantitative estimate of drug-likeness (QED) is 0.727. The van der Waals surface area contributed by atoms with E-state index < -0.39 is 0 Å². The van der Waals surface area contributed by atoms with Crippen LogP contribution in [0.2, 0.25) is 0 Å². The van der Waals surface area contributed by atoms with Gasteiger partial charge in [0, 0.05) is 7.11 Å². The lowest BCUT2D eigenvalue weighted by molar-refractivity contribution is 0.101. The van der Waals surface area contributed by atoms with Crippen LogP contribution in [-0.4, -0.2) is 38.2 Å². The van der Waals surface area contributed by atoms with Crippen molar-refractivity contribution < 1.29 is 9.53 Å². The minimum atomic E-state index is -0.385. The summed E-state index contributed by atoms with van der Waals surface area (Å²) in [5.41, 5.74) is 2.73. The topological polar surface area (TPSA) is 94.8 Å². The van der Waals surface area contributed by atoms with Crippen LogP contribution in [0.15, 0.2) is 24.3 Å². The molecule has 0 spiro atoms. The summed E-state index contributed by atoms with van der Waals surface area (Å²) in [4.78, 5) is 12.6. The molecular formula is C16H18N6O2S. The smallest absolute Gasteiger partial charge is 0.280 e. The van der Waals surface area contributed by atoms with Crippen LogP contribution < -0.4 is 5.32 Å². The van der Waals surface area contributed by atoms with Gasteiger partial charge < -0.3 is 4.74 Å². The number of hydrogen-bond donors (Lipinski definition) is 1. The monoisotopic (exact) mass is 358 g/mol. The summed E-state index contributed by atoms with van der Waals surface area (Å²) >= 11 is 1.34. The maximum atomic E-state index is 12.6. The molecule has 1 aromatic carbocycles. The fourth-order valence-corrected chi connectivity index (χ4v) is 2.92. The molecule has 130 valence electrons. The highest BCUT2D eigenvalue weighted by Gasteiger charge is 2.21. The third-order valence-corrected chi connectivity index (χ3v) is 4.51. The van der Waals surface area contributed by atoms with Gasteiger partial charge in [-0.3, -0.25) is 10.1 Å². The fourth-order valence-electron chi connectivity index (χ4n) is 2.24. The summed E-state index contributed by atoms with van der Waals surface area (Å²) in [7, 11) is 1.56. The SMILES string of the molecule is CCc1nnc(NC(=O)c2nnn(-c3ccc(C)cc3)c2COC)s1. The summed E-state index contributed by atoms with van der Waals surface area (Å²) in [6.45, 7) is 4.20. The minimum absolute atomic E-state index is 0.204. The number of nitrogens with zero attached hydrogens (tertiary/aromatic N) is 5. The molecule has 0 saturated carbocycles. The molecule has 8 nitrogen and oxygen atoms in total. The molecule has 3 rings (SSSR count). The fraction of sp³-hybridized carbons (Fsp3) is 0.312. The molecule has 3 aromatic rings. The van der Waals surface area contributed by atoms with E-state index in [9.17, 15) is 4.79 Å². The van der Waals surface area contributed by atoms with E-state index in [1.54, 1.807) is 11.8 Å². The Morgan fingerprint density at radius 3 is 2.64 bits per heavy atom. The van der Waals surface area contributed by atoms with Gasteiger partial charge in [0.2, 0.25) is 5.13 Å². The molecule has 25 heavy (non-hydrogen) atoms. The first-order valence-electron chi connectivity index (χ1n) is 7.76. The van der Waals surface area contributed by atoms with Crippen LogP contribution in [-0.2, 0) is 17.8 Å². The van der Waals surface area contributed by atoms with Gasteiger partial charge in [-0.05, 0) is 25.5 Å². The molecule has 0 radical (unpaired) electrons. The molecule has 9 heteroatoms. The molecule has 0 aliphatic carbocycles. The van der Waals surface area contributed by atoms with Crippen molar-refractivity contribution in [3.8, 4) is 5.69 Å². The van der Waals surface area contributed by atoms with Gasteiger partial charge >= 0.3 is 0 Å². The molecule has 2 aromatic heterocycles. The predicted molar refractivity (Wildman–Crippen MR) is 94.0 cm³/mol. The Labute approximate surface area is 148 Å². The maximum absolute atomic E-state index is 12.6. The molecule has 0 atom stereocenters. The van der Waals surface area contributed by atoms with Crippen molar-refractivity contribution in [3.63, 3.8) is 0 Å². The molecule has 0 aliphatic heterocycles. The molecule has 1 amide bonds. The number of amides is 1. The number of nitrogens with one attached hydrogen (secondary N) is 1. The highest BCUT2D eigenvalue weighted by Crippen LogP contribution is 2.19. The second-order valence-corrected chi connectivity index (χ2v) is 6.44. The number of methoxy groups -OCH3 is 1. The van der Waals surface area contributed by atoms with Crippen molar-refractivity contribution in [1.29, 1.82) is 0 Å². The third kappa shape index (κ3) is 3.72. The van der Waals surface area contributed by atoms with Gasteiger partial charge in [-0.2, -0.15) is 0 Å². The Morgan fingerprint density at radius 2 is 2.00 bits per heavy atom. The summed E-state index contributed by atoms with van der Waals surface area (Å²) < 4.78 is 6.84. The van der Waals surface area contributed by atoms with Crippen LogP contribution in [0.4, 0.5) is 5.13 Å². The number of hydrogen-bond acceptors (Lipinski definition) is 7. The predicted octanol–water partition coefficient (Wildman–Crippen LogP) is 2.39.